The van der Waals surface area contributed by atoms with Crippen LogP contribution >= 0.6 is 15.9 Å². The van der Waals surface area contributed by atoms with E-state index in [1.165, 1.54) is 0 Å². The highest BCUT2D eigenvalue weighted by molar-refractivity contribution is 9.10. The van der Waals surface area contributed by atoms with Crippen molar-refractivity contribution in [2.24, 2.45) is 0 Å². The van der Waals surface area contributed by atoms with Gasteiger partial charge in [-0.25, -0.2) is 8.78 Å². The Kier molecular flexibility index (Phi) is 5.09. The molecule has 0 heterocycles. The average Bonchev–Trinajstić information content (AvgIpc) is 2.42. The molecule has 0 unspecified atom stereocenters. The minimum absolute atomic E-state index is 0.0203. The van der Waals surface area contributed by atoms with E-state index in [9.17, 15) is 8.78 Å². The third kappa shape index (κ3) is 3.77. The summed E-state index contributed by atoms with van der Waals surface area (Å²) in [6.07, 6.45) is 0. The van der Waals surface area contributed by atoms with Gasteiger partial charge in [0.25, 0.3) is 0 Å². The van der Waals surface area contributed by atoms with Crippen molar-refractivity contribution in [1.29, 1.82) is 0 Å². The van der Waals surface area contributed by atoms with Gasteiger partial charge in [-0.05, 0) is 58.9 Å². The SMILES string of the molecule is CNCc1ccc(OCc2cc(F)ccc2F)c(Br)c1. The third-order valence-corrected chi connectivity index (χ3v) is 3.39. The lowest BCUT2D eigenvalue weighted by Crippen LogP contribution is -2.05. The largest absolute Gasteiger partial charge is 0.488 e. The molecule has 20 heavy (non-hydrogen) atoms. The second-order valence-corrected chi connectivity index (χ2v) is 5.17. The van der Waals surface area contributed by atoms with Gasteiger partial charge in [-0.15, -0.1) is 0 Å². The van der Waals surface area contributed by atoms with Crippen LogP contribution in [0, 0.1) is 11.6 Å². The summed E-state index contributed by atoms with van der Waals surface area (Å²) in [5.74, 6) is -0.365. The molecule has 0 spiro atoms. The smallest absolute Gasteiger partial charge is 0.134 e. The summed E-state index contributed by atoms with van der Waals surface area (Å²) in [5, 5.41) is 3.05. The molecule has 0 radical (unpaired) electrons. The molecule has 0 aliphatic carbocycles. The molecule has 2 rings (SSSR count). The molecule has 0 bridgehead atoms. The lowest BCUT2D eigenvalue weighted by atomic mass is 10.2. The molecule has 0 aliphatic heterocycles. The Balaban J connectivity index is 2.09. The minimum Gasteiger partial charge on any atom is -0.488 e. The highest BCUT2D eigenvalue weighted by atomic mass is 79.9. The van der Waals surface area contributed by atoms with Gasteiger partial charge in [0.1, 0.15) is 24.0 Å². The van der Waals surface area contributed by atoms with Gasteiger partial charge in [0.2, 0.25) is 0 Å². The van der Waals surface area contributed by atoms with Crippen LogP contribution in [0.15, 0.2) is 40.9 Å². The van der Waals surface area contributed by atoms with Crippen molar-refractivity contribution in [3.63, 3.8) is 0 Å². The van der Waals surface area contributed by atoms with E-state index < -0.39 is 11.6 Å². The van der Waals surface area contributed by atoms with E-state index in [4.69, 9.17) is 4.74 Å². The van der Waals surface area contributed by atoms with E-state index in [1.807, 2.05) is 19.2 Å². The van der Waals surface area contributed by atoms with E-state index >= 15 is 0 Å². The van der Waals surface area contributed by atoms with Crippen LogP contribution in [0.4, 0.5) is 8.78 Å². The predicted molar refractivity (Wildman–Crippen MR) is 77.6 cm³/mol. The fourth-order valence-corrected chi connectivity index (χ4v) is 2.33. The first-order valence-corrected chi connectivity index (χ1v) is 6.89. The van der Waals surface area contributed by atoms with Gasteiger partial charge in [-0.2, -0.15) is 0 Å². The van der Waals surface area contributed by atoms with E-state index in [1.54, 1.807) is 6.07 Å². The molecule has 0 aliphatic rings. The first-order chi connectivity index (χ1) is 9.60. The van der Waals surface area contributed by atoms with Crippen LogP contribution in [0.5, 0.6) is 5.75 Å². The van der Waals surface area contributed by atoms with E-state index in [2.05, 4.69) is 21.2 Å². The van der Waals surface area contributed by atoms with Crippen molar-refractivity contribution in [2.45, 2.75) is 13.2 Å². The highest BCUT2D eigenvalue weighted by Crippen LogP contribution is 2.27. The Bertz CT molecular complexity index is 604. The molecule has 0 saturated carbocycles. The number of nitrogens with one attached hydrogen (secondary N) is 1. The number of ether oxygens (including phenoxy) is 1. The fourth-order valence-electron chi connectivity index (χ4n) is 1.78. The molecule has 0 atom stereocenters. The number of halogens is 3. The highest BCUT2D eigenvalue weighted by Gasteiger charge is 2.07. The maximum Gasteiger partial charge on any atom is 0.134 e. The molecule has 1 N–H and O–H groups in total. The topological polar surface area (TPSA) is 21.3 Å². The summed E-state index contributed by atoms with van der Waals surface area (Å²) < 4.78 is 32.8. The monoisotopic (exact) mass is 341 g/mol. The Morgan fingerprint density at radius 2 is 1.95 bits per heavy atom. The molecule has 0 amide bonds. The van der Waals surface area contributed by atoms with Gasteiger partial charge in [-0.1, -0.05) is 6.07 Å². The summed E-state index contributed by atoms with van der Waals surface area (Å²) >= 11 is 3.40. The van der Waals surface area contributed by atoms with E-state index in [0.29, 0.717) is 5.75 Å². The van der Waals surface area contributed by atoms with Crippen molar-refractivity contribution < 1.29 is 13.5 Å². The van der Waals surface area contributed by atoms with Crippen LogP contribution in [-0.4, -0.2) is 7.05 Å². The zero-order valence-corrected chi connectivity index (χ0v) is 12.5. The summed E-state index contributed by atoms with van der Waals surface area (Å²) in [7, 11) is 1.87. The van der Waals surface area contributed by atoms with Gasteiger partial charge >= 0.3 is 0 Å². The molecule has 106 valence electrons. The Morgan fingerprint density at radius 1 is 1.15 bits per heavy atom. The number of hydrogen-bond donors (Lipinski definition) is 1. The number of hydrogen-bond acceptors (Lipinski definition) is 2. The lowest BCUT2D eigenvalue weighted by Gasteiger charge is -2.10. The van der Waals surface area contributed by atoms with E-state index in [-0.39, 0.29) is 12.2 Å². The number of rotatable bonds is 5. The molecule has 5 heteroatoms. The van der Waals surface area contributed by atoms with Gasteiger partial charge < -0.3 is 10.1 Å². The summed E-state index contributed by atoms with van der Waals surface area (Å²) in [4.78, 5) is 0. The first kappa shape index (κ1) is 14.9. The molecule has 0 saturated heterocycles. The fraction of sp³-hybridized carbons (Fsp3) is 0.200. The molecule has 0 fully saturated rings. The van der Waals surface area contributed by atoms with Crippen LogP contribution in [0.1, 0.15) is 11.1 Å². The molecule has 2 aromatic rings. The molecule has 2 aromatic carbocycles. The Labute approximate surface area is 124 Å². The van der Waals surface area contributed by atoms with Gasteiger partial charge in [0, 0.05) is 12.1 Å². The van der Waals surface area contributed by atoms with Crippen molar-refractivity contribution in [3.8, 4) is 5.75 Å². The van der Waals surface area contributed by atoms with Crippen LogP contribution in [0.25, 0.3) is 0 Å². The first-order valence-electron chi connectivity index (χ1n) is 6.10. The maximum atomic E-state index is 13.5. The second kappa shape index (κ2) is 6.81. The van der Waals surface area contributed by atoms with Crippen molar-refractivity contribution in [3.05, 3.63) is 63.6 Å². The summed E-state index contributed by atoms with van der Waals surface area (Å²) in [5.41, 5.74) is 1.29. The van der Waals surface area contributed by atoms with Gasteiger partial charge in [0.05, 0.1) is 4.47 Å². The molecule has 0 aromatic heterocycles. The van der Waals surface area contributed by atoms with Crippen LogP contribution in [0.2, 0.25) is 0 Å². The Hall–Kier alpha value is -1.46. The maximum absolute atomic E-state index is 13.5. The quantitative estimate of drug-likeness (QED) is 0.886. The lowest BCUT2D eigenvalue weighted by molar-refractivity contribution is 0.297. The normalized spacial score (nSPS) is 10.6. The molecular formula is C15H14BrF2NO. The summed E-state index contributed by atoms with van der Waals surface area (Å²) in [6.45, 7) is 0.727. The summed E-state index contributed by atoms with van der Waals surface area (Å²) in [6, 6.07) is 8.96. The number of benzene rings is 2. The van der Waals surface area contributed by atoms with Crippen molar-refractivity contribution in [2.75, 3.05) is 7.05 Å². The van der Waals surface area contributed by atoms with Crippen LogP contribution in [0.3, 0.4) is 0 Å². The minimum atomic E-state index is -0.478. The third-order valence-electron chi connectivity index (χ3n) is 2.77. The van der Waals surface area contributed by atoms with Crippen LogP contribution in [-0.2, 0) is 13.2 Å². The standard InChI is InChI=1S/C15H14BrF2NO/c1-19-8-10-2-5-15(13(16)6-10)20-9-11-7-12(17)3-4-14(11)18/h2-7,19H,8-9H2,1H3. The van der Waals surface area contributed by atoms with Crippen LogP contribution < -0.4 is 10.1 Å². The Morgan fingerprint density at radius 3 is 2.65 bits per heavy atom. The van der Waals surface area contributed by atoms with Crippen molar-refractivity contribution in [1.82, 2.24) is 5.32 Å². The second-order valence-electron chi connectivity index (χ2n) is 4.32. The van der Waals surface area contributed by atoms with Gasteiger partial charge in [-0.3, -0.25) is 0 Å². The average molecular weight is 342 g/mol. The predicted octanol–water partition coefficient (Wildman–Crippen LogP) is 4.03. The zero-order chi connectivity index (χ0) is 14.5. The molecule has 2 nitrogen and oxygen atoms in total. The van der Waals surface area contributed by atoms with Gasteiger partial charge in [0.15, 0.2) is 0 Å². The van der Waals surface area contributed by atoms with Crippen molar-refractivity contribution >= 4 is 15.9 Å². The molecular weight excluding hydrogens is 328 g/mol. The zero-order valence-electron chi connectivity index (χ0n) is 10.9. The van der Waals surface area contributed by atoms with E-state index in [0.717, 1.165) is 34.8 Å².